The number of morpholine rings is 1. The summed E-state index contributed by atoms with van der Waals surface area (Å²) in [5, 5.41) is 7.47. The van der Waals surface area contributed by atoms with Crippen LogP contribution in [-0.2, 0) is 10.3 Å². The van der Waals surface area contributed by atoms with Gasteiger partial charge < -0.3 is 14.6 Å². The molecule has 6 nitrogen and oxygen atoms in total. The van der Waals surface area contributed by atoms with Crippen LogP contribution in [0, 0.1) is 0 Å². The van der Waals surface area contributed by atoms with Gasteiger partial charge in [-0.05, 0) is 40.3 Å². The minimum Gasteiger partial charge on any atom is -0.378 e. The van der Waals surface area contributed by atoms with E-state index in [1.807, 2.05) is 24.3 Å². The number of hydrogen-bond donors (Lipinski definition) is 1. The van der Waals surface area contributed by atoms with Crippen LogP contribution in [0.4, 0.5) is 5.82 Å². The molecule has 39 heavy (non-hydrogen) atoms. The summed E-state index contributed by atoms with van der Waals surface area (Å²) in [6.45, 7) is 2.86. The lowest BCUT2D eigenvalue weighted by atomic mass is 9.77. The van der Waals surface area contributed by atoms with Crippen LogP contribution in [0.1, 0.15) is 16.7 Å². The number of pyridine rings is 1. The largest absolute Gasteiger partial charge is 0.378 e. The molecule has 3 heterocycles. The third-order valence-corrected chi connectivity index (χ3v) is 7.71. The molecule has 1 aliphatic heterocycles. The molecule has 1 N–H and O–H groups in total. The van der Waals surface area contributed by atoms with Crippen LogP contribution < -0.4 is 10.5 Å². The topological polar surface area (TPSA) is 63.2 Å². The molecule has 6 aromatic rings. The molecule has 0 amide bonds. The summed E-state index contributed by atoms with van der Waals surface area (Å²) in [7, 11) is 0. The summed E-state index contributed by atoms with van der Waals surface area (Å²) in [5.41, 5.74) is 4.14. The molecule has 0 radical (unpaired) electrons. The average Bonchev–Trinajstić information content (AvgIpc) is 3.37. The summed E-state index contributed by atoms with van der Waals surface area (Å²) in [6.07, 6.45) is 0. The number of fused-ring (bicyclic) bond motifs is 2. The van der Waals surface area contributed by atoms with Gasteiger partial charge in [0, 0.05) is 24.5 Å². The van der Waals surface area contributed by atoms with E-state index in [4.69, 9.17) is 9.84 Å². The van der Waals surface area contributed by atoms with E-state index >= 15 is 0 Å². The highest BCUT2D eigenvalue weighted by atomic mass is 16.5. The second-order valence-corrected chi connectivity index (χ2v) is 9.92. The lowest BCUT2D eigenvalue weighted by Gasteiger charge is -2.37. The van der Waals surface area contributed by atoms with Crippen LogP contribution in [0.15, 0.2) is 120 Å². The van der Waals surface area contributed by atoms with Crippen molar-refractivity contribution in [2.75, 3.05) is 31.2 Å². The Kier molecular flexibility index (Phi) is 5.75. The van der Waals surface area contributed by atoms with Gasteiger partial charge in [0.25, 0.3) is 0 Å². The Morgan fingerprint density at radius 2 is 1.28 bits per heavy atom. The first kappa shape index (κ1) is 23.4. The van der Waals surface area contributed by atoms with Crippen molar-refractivity contribution in [1.82, 2.24) is 14.8 Å². The summed E-state index contributed by atoms with van der Waals surface area (Å²) >= 11 is 0. The van der Waals surface area contributed by atoms with Crippen molar-refractivity contribution in [3.8, 4) is 0 Å². The molecule has 0 spiro atoms. The normalized spacial score (nSPS) is 14.2. The molecule has 1 aliphatic rings. The van der Waals surface area contributed by atoms with Crippen molar-refractivity contribution < 1.29 is 4.74 Å². The van der Waals surface area contributed by atoms with Crippen molar-refractivity contribution in [3.63, 3.8) is 0 Å². The van der Waals surface area contributed by atoms with Crippen LogP contribution in [0.5, 0.6) is 0 Å². The first-order chi connectivity index (χ1) is 19.2. The van der Waals surface area contributed by atoms with Gasteiger partial charge in [-0.2, -0.15) is 5.10 Å². The molecular weight excluding hydrogens is 484 g/mol. The molecule has 7 rings (SSSR count). The van der Waals surface area contributed by atoms with Gasteiger partial charge in [-0.25, -0.2) is 4.68 Å². The summed E-state index contributed by atoms with van der Waals surface area (Å²) < 4.78 is 7.85. The van der Waals surface area contributed by atoms with Crippen molar-refractivity contribution in [2.24, 2.45) is 0 Å². The average molecular weight is 513 g/mol. The van der Waals surface area contributed by atoms with E-state index in [9.17, 15) is 4.79 Å². The Labute approximate surface area is 226 Å². The Morgan fingerprint density at radius 3 is 1.85 bits per heavy atom. The Bertz CT molecular complexity index is 1710. The highest BCUT2D eigenvalue weighted by Gasteiger charge is 2.41. The second kappa shape index (κ2) is 9.57. The Balaban J connectivity index is 1.65. The molecule has 0 aliphatic carbocycles. The smallest absolute Gasteiger partial charge is 0.248 e. The van der Waals surface area contributed by atoms with Gasteiger partial charge in [-0.15, -0.1) is 0 Å². The summed E-state index contributed by atoms with van der Waals surface area (Å²) in [5.74, 6) is 0.925. The van der Waals surface area contributed by atoms with Gasteiger partial charge >= 0.3 is 0 Å². The number of aromatic amines is 1. The van der Waals surface area contributed by atoms with E-state index in [0.717, 1.165) is 57.4 Å². The quantitative estimate of drug-likeness (QED) is 0.308. The molecule has 192 valence electrons. The molecule has 1 saturated heterocycles. The maximum atomic E-state index is 12.3. The van der Waals surface area contributed by atoms with E-state index in [1.54, 1.807) is 6.07 Å². The van der Waals surface area contributed by atoms with E-state index < -0.39 is 5.54 Å². The zero-order valence-electron chi connectivity index (χ0n) is 21.5. The standard InChI is InChI=1S/C33H28N4O2/c38-31-17-16-24-22-28-30(23-29(24)34-31)37(35-32(28)36-18-20-39-21-19-36)33(25-10-4-1-5-11-25,26-12-6-2-7-13-26)27-14-8-3-9-15-27/h1-17,22-23H,18-21H2,(H,34,38). The van der Waals surface area contributed by atoms with Crippen molar-refractivity contribution in [3.05, 3.63) is 142 Å². The third kappa shape index (κ3) is 3.83. The fraction of sp³-hybridized carbons (Fsp3) is 0.152. The predicted molar refractivity (Wildman–Crippen MR) is 155 cm³/mol. The highest BCUT2D eigenvalue weighted by Crippen LogP contribution is 2.44. The fourth-order valence-electron chi connectivity index (χ4n) is 5.92. The first-order valence-corrected chi connectivity index (χ1v) is 13.3. The molecule has 0 bridgehead atoms. The van der Waals surface area contributed by atoms with E-state index in [1.165, 1.54) is 0 Å². The van der Waals surface area contributed by atoms with E-state index in [0.29, 0.717) is 13.2 Å². The van der Waals surface area contributed by atoms with Gasteiger partial charge in [0.15, 0.2) is 5.82 Å². The van der Waals surface area contributed by atoms with Gasteiger partial charge in [0.05, 0.1) is 24.2 Å². The summed E-state index contributed by atoms with van der Waals surface area (Å²) in [6, 6.07) is 39.3. The number of hydrogen-bond acceptors (Lipinski definition) is 4. The van der Waals surface area contributed by atoms with Crippen molar-refractivity contribution >= 4 is 27.6 Å². The molecule has 2 aromatic heterocycles. The van der Waals surface area contributed by atoms with Crippen molar-refractivity contribution in [2.45, 2.75) is 5.54 Å². The zero-order valence-corrected chi connectivity index (χ0v) is 21.5. The van der Waals surface area contributed by atoms with Gasteiger partial charge in [0.2, 0.25) is 5.56 Å². The Morgan fingerprint density at radius 1 is 0.718 bits per heavy atom. The van der Waals surface area contributed by atoms with E-state index in [-0.39, 0.29) is 5.56 Å². The molecule has 4 aromatic carbocycles. The van der Waals surface area contributed by atoms with E-state index in [2.05, 4.69) is 99.5 Å². The minimum absolute atomic E-state index is 0.123. The van der Waals surface area contributed by atoms with Gasteiger partial charge in [-0.1, -0.05) is 91.0 Å². The predicted octanol–water partition coefficient (Wildman–Crippen LogP) is 5.55. The van der Waals surface area contributed by atoms with Crippen LogP contribution in [0.3, 0.4) is 0 Å². The lowest BCUT2D eigenvalue weighted by molar-refractivity contribution is 0.122. The molecule has 6 heteroatoms. The first-order valence-electron chi connectivity index (χ1n) is 13.3. The minimum atomic E-state index is -0.769. The maximum Gasteiger partial charge on any atom is 0.248 e. The number of anilines is 1. The zero-order chi connectivity index (χ0) is 26.2. The third-order valence-electron chi connectivity index (χ3n) is 7.71. The molecule has 1 fully saturated rings. The number of ether oxygens (including phenoxy) is 1. The highest BCUT2D eigenvalue weighted by molar-refractivity contribution is 6.01. The number of nitrogens with zero attached hydrogens (tertiary/aromatic N) is 3. The number of H-pyrrole nitrogens is 1. The van der Waals surface area contributed by atoms with Crippen LogP contribution in [0.25, 0.3) is 21.8 Å². The number of benzene rings is 4. The SMILES string of the molecule is O=c1ccc2cc3c(N4CCOCC4)nn(C(c4ccccc4)(c4ccccc4)c4ccccc4)c3cc2[nH]1. The fourth-order valence-corrected chi connectivity index (χ4v) is 5.92. The van der Waals surface area contributed by atoms with Crippen LogP contribution in [-0.4, -0.2) is 41.1 Å². The number of aromatic nitrogens is 3. The monoisotopic (exact) mass is 512 g/mol. The second-order valence-electron chi connectivity index (χ2n) is 9.92. The van der Waals surface area contributed by atoms with Crippen molar-refractivity contribution in [1.29, 1.82) is 0 Å². The maximum absolute atomic E-state index is 12.3. The number of nitrogens with one attached hydrogen (secondary N) is 1. The van der Waals surface area contributed by atoms with Gasteiger partial charge in [-0.3, -0.25) is 4.79 Å². The van der Waals surface area contributed by atoms with Crippen LogP contribution in [0.2, 0.25) is 0 Å². The number of rotatable bonds is 5. The molecular formula is C33H28N4O2. The van der Waals surface area contributed by atoms with Crippen LogP contribution >= 0.6 is 0 Å². The van der Waals surface area contributed by atoms with Gasteiger partial charge in [0.1, 0.15) is 5.54 Å². The lowest BCUT2D eigenvalue weighted by Crippen LogP contribution is -2.40. The summed E-state index contributed by atoms with van der Waals surface area (Å²) in [4.78, 5) is 17.7. The molecule has 0 unspecified atom stereocenters. The molecule has 0 atom stereocenters. The Hall–Kier alpha value is -4.68. The molecule has 0 saturated carbocycles.